The number of rotatable bonds is 10. The fourth-order valence-electron chi connectivity index (χ4n) is 5.45. The van der Waals surface area contributed by atoms with Crippen LogP contribution in [0.1, 0.15) is 76.1 Å². The van der Waals surface area contributed by atoms with Gasteiger partial charge < -0.3 is 0 Å². The Morgan fingerprint density at radius 1 is 1.18 bits per heavy atom. The van der Waals surface area contributed by atoms with Gasteiger partial charge in [0.25, 0.3) is 0 Å². The van der Waals surface area contributed by atoms with Crippen molar-refractivity contribution in [2.24, 2.45) is 22.7 Å². The molecule has 1 aliphatic carbocycles. The van der Waals surface area contributed by atoms with Gasteiger partial charge in [-0.15, -0.1) is 0 Å². The highest BCUT2D eigenvalue weighted by molar-refractivity contribution is 6.00. The van der Waals surface area contributed by atoms with Gasteiger partial charge in [-0.2, -0.15) is 5.26 Å². The molecular formula is C32H42N2. The van der Waals surface area contributed by atoms with Crippen molar-refractivity contribution in [1.29, 1.82) is 5.26 Å². The molecule has 1 aromatic rings. The Morgan fingerprint density at radius 3 is 2.41 bits per heavy atom. The number of aliphatic imine (C=N–C) groups is 1. The van der Waals surface area contributed by atoms with Crippen LogP contribution in [0.4, 0.5) is 0 Å². The van der Waals surface area contributed by atoms with Gasteiger partial charge in [-0.1, -0.05) is 69.0 Å². The smallest absolute Gasteiger partial charge is 0.0994 e. The fraction of sp³-hybridized carbons (Fsp3) is 0.438. The molecule has 0 spiro atoms. The second kappa shape index (κ2) is 12.5. The van der Waals surface area contributed by atoms with Gasteiger partial charge in [0.15, 0.2) is 0 Å². The van der Waals surface area contributed by atoms with Gasteiger partial charge in [0.05, 0.1) is 11.6 Å². The standard InChI is InChI=1S/C32H42N2/c1-10-16-34-25(9)31-15-14-27(20-33)24(8)32(31)19-29-18-28(17-21(5)26(11-2)12-3)22(6)23(7)30(29)13-4/h11-15,22,28-29H,2-4,10,16-19H2,1,5-9H3/b34-25-. The van der Waals surface area contributed by atoms with E-state index in [-0.39, 0.29) is 0 Å². The Morgan fingerprint density at radius 2 is 1.85 bits per heavy atom. The minimum absolute atomic E-state index is 0.368. The third-order valence-corrected chi connectivity index (χ3v) is 7.73. The minimum atomic E-state index is 0.368. The first kappa shape index (κ1) is 27.3. The molecule has 3 atom stereocenters. The van der Waals surface area contributed by atoms with Crippen LogP contribution in [0.25, 0.3) is 0 Å². The number of hydrogen-bond acceptors (Lipinski definition) is 2. The predicted molar refractivity (Wildman–Crippen MR) is 148 cm³/mol. The molecule has 0 N–H and O–H groups in total. The Kier molecular flexibility index (Phi) is 10.1. The van der Waals surface area contributed by atoms with E-state index in [9.17, 15) is 5.26 Å². The molecule has 1 aliphatic rings. The normalized spacial score (nSPS) is 20.5. The van der Waals surface area contributed by atoms with Crippen molar-refractivity contribution in [3.63, 3.8) is 0 Å². The van der Waals surface area contributed by atoms with Crippen molar-refractivity contribution >= 4 is 5.71 Å². The largest absolute Gasteiger partial charge is 0.289 e. The minimum Gasteiger partial charge on any atom is -0.289 e. The molecule has 180 valence electrons. The van der Waals surface area contributed by atoms with Gasteiger partial charge in [0.1, 0.15) is 0 Å². The van der Waals surface area contributed by atoms with E-state index in [0.29, 0.717) is 17.8 Å². The van der Waals surface area contributed by atoms with Crippen LogP contribution in [-0.2, 0) is 6.42 Å². The Bertz CT molecular complexity index is 1060. The molecule has 2 heteroatoms. The monoisotopic (exact) mass is 454 g/mol. The van der Waals surface area contributed by atoms with E-state index in [1.54, 1.807) is 0 Å². The maximum absolute atomic E-state index is 9.71. The van der Waals surface area contributed by atoms with Crippen LogP contribution in [0.5, 0.6) is 0 Å². The van der Waals surface area contributed by atoms with Crippen LogP contribution in [0.15, 0.2) is 77.4 Å². The van der Waals surface area contributed by atoms with Gasteiger partial charge in [0, 0.05) is 12.3 Å². The number of benzene rings is 1. The molecule has 3 unspecified atom stereocenters. The molecule has 0 heterocycles. The third-order valence-electron chi connectivity index (χ3n) is 7.73. The SMILES string of the molecule is C=CC(C=C)=C(C)CC1CC(Cc2c(/C(C)=N\CCC)ccc(C#N)c2C)C(C=C)=C(C)C1C. The summed E-state index contributed by atoms with van der Waals surface area (Å²) in [5.74, 6) is 1.41. The van der Waals surface area contributed by atoms with Gasteiger partial charge in [0.2, 0.25) is 0 Å². The summed E-state index contributed by atoms with van der Waals surface area (Å²) in [6.45, 7) is 26.1. The summed E-state index contributed by atoms with van der Waals surface area (Å²) in [6.07, 6.45) is 9.94. The summed E-state index contributed by atoms with van der Waals surface area (Å²) < 4.78 is 0. The van der Waals surface area contributed by atoms with Gasteiger partial charge in [-0.05, 0) is 105 Å². The van der Waals surface area contributed by atoms with E-state index in [0.717, 1.165) is 54.6 Å². The highest BCUT2D eigenvalue weighted by atomic mass is 14.7. The third kappa shape index (κ3) is 5.95. The quantitative estimate of drug-likeness (QED) is 0.258. The molecule has 0 amide bonds. The summed E-state index contributed by atoms with van der Waals surface area (Å²) in [5, 5.41) is 9.71. The van der Waals surface area contributed by atoms with E-state index in [1.165, 1.54) is 27.8 Å². The summed E-state index contributed by atoms with van der Waals surface area (Å²) >= 11 is 0. The molecule has 0 aromatic heterocycles. The molecule has 0 saturated heterocycles. The second-order valence-corrected chi connectivity index (χ2v) is 9.72. The van der Waals surface area contributed by atoms with Crippen LogP contribution in [0, 0.1) is 36.0 Å². The second-order valence-electron chi connectivity index (χ2n) is 9.72. The predicted octanol–water partition coefficient (Wildman–Crippen LogP) is 8.48. The maximum atomic E-state index is 9.71. The van der Waals surface area contributed by atoms with Crippen molar-refractivity contribution in [3.05, 3.63) is 94.6 Å². The van der Waals surface area contributed by atoms with E-state index in [2.05, 4.69) is 79.5 Å². The van der Waals surface area contributed by atoms with E-state index in [1.807, 2.05) is 18.2 Å². The lowest BCUT2D eigenvalue weighted by molar-refractivity contribution is 0.297. The highest BCUT2D eigenvalue weighted by Gasteiger charge is 2.32. The summed E-state index contributed by atoms with van der Waals surface area (Å²) in [4.78, 5) is 4.80. The molecule has 0 bridgehead atoms. The van der Waals surface area contributed by atoms with Gasteiger partial charge in [-0.3, -0.25) is 4.99 Å². The average molecular weight is 455 g/mol. The van der Waals surface area contributed by atoms with Crippen LogP contribution in [0.2, 0.25) is 0 Å². The average Bonchev–Trinajstić information content (AvgIpc) is 2.82. The molecule has 1 aromatic carbocycles. The van der Waals surface area contributed by atoms with Crippen LogP contribution in [0.3, 0.4) is 0 Å². The van der Waals surface area contributed by atoms with E-state index >= 15 is 0 Å². The Labute approximate surface area is 208 Å². The van der Waals surface area contributed by atoms with Gasteiger partial charge in [-0.25, -0.2) is 0 Å². The first-order valence-electron chi connectivity index (χ1n) is 12.6. The van der Waals surface area contributed by atoms with Gasteiger partial charge >= 0.3 is 0 Å². The van der Waals surface area contributed by atoms with Crippen LogP contribution in [-0.4, -0.2) is 12.3 Å². The Hall–Kier alpha value is -2.92. The van der Waals surface area contributed by atoms with Crippen LogP contribution >= 0.6 is 0 Å². The molecule has 0 radical (unpaired) electrons. The lowest BCUT2D eigenvalue weighted by Crippen LogP contribution is -2.27. The van der Waals surface area contributed by atoms with Crippen LogP contribution < -0.4 is 0 Å². The fourth-order valence-corrected chi connectivity index (χ4v) is 5.45. The highest BCUT2D eigenvalue weighted by Crippen LogP contribution is 2.43. The number of nitriles is 1. The number of allylic oxidation sites excluding steroid dienone is 7. The maximum Gasteiger partial charge on any atom is 0.0994 e. The van der Waals surface area contributed by atoms with E-state index < -0.39 is 0 Å². The van der Waals surface area contributed by atoms with Crippen molar-refractivity contribution in [1.82, 2.24) is 0 Å². The topological polar surface area (TPSA) is 36.1 Å². The molecule has 0 saturated carbocycles. The zero-order valence-electron chi connectivity index (χ0n) is 22.2. The Balaban J connectivity index is 2.55. The van der Waals surface area contributed by atoms with E-state index in [4.69, 9.17) is 4.99 Å². The molecule has 0 aliphatic heterocycles. The molecule has 0 fully saturated rings. The zero-order valence-corrected chi connectivity index (χ0v) is 22.2. The van der Waals surface area contributed by atoms with Crippen molar-refractivity contribution in [2.45, 2.75) is 67.2 Å². The molecule has 2 nitrogen and oxygen atoms in total. The van der Waals surface area contributed by atoms with Crippen molar-refractivity contribution in [3.8, 4) is 6.07 Å². The number of nitrogens with zero attached hydrogens (tertiary/aromatic N) is 2. The summed E-state index contributed by atoms with van der Waals surface area (Å²) in [7, 11) is 0. The zero-order chi connectivity index (χ0) is 25.4. The first-order valence-corrected chi connectivity index (χ1v) is 12.6. The van der Waals surface area contributed by atoms with Crippen molar-refractivity contribution in [2.75, 3.05) is 6.54 Å². The number of hydrogen-bond donors (Lipinski definition) is 0. The lowest BCUT2D eigenvalue weighted by Gasteiger charge is -2.38. The molecular weight excluding hydrogens is 412 g/mol. The molecule has 34 heavy (non-hydrogen) atoms. The lowest BCUT2D eigenvalue weighted by atomic mass is 9.67. The first-order chi connectivity index (χ1) is 16.2. The summed E-state index contributed by atoms with van der Waals surface area (Å²) in [6, 6.07) is 6.42. The molecule has 2 rings (SSSR count). The van der Waals surface area contributed by atoms with Crippen molar-refractivity contribution < 1.29 is 0 Å². The summed E-state index contributed by atoms with van der Waals surface area (Å²) in [5.41, 5.74) is 10.6.